The summed E-state index contributed by atoms with van der Waals surface area (Å²) < 4.78 is 49.5. The van der Waals surface area contributed by atoms with E-state index in [1.807, 2.05) is 23.6 Å². The smallest absolute Gasteiger partial charge is 0.417 e. The van der Waals surface area contributed by atoms with Gasteiger partial charge in [-0.05, 0) is 53.9 Å². The molecule has 0 fully saturated rings. The van der Waals surface area contributed by atoms with E-state index < -0.39 is 11.7 Å². The highest BCUT2D eigenvalue weighted by molar-refractivity contribution is 7.13. The number of ether oxygens (including phenoxy) is 1. The minimum absolute atomic E-state index is 0.0353. The molecule has 0 spiro atoms. The van der Waals surface area contributed by atoms with Crippen LogP contribution in [0.2, 0.25) is 0 Å². The third-order valence-electron chi connectivity index (χ3n) is 5.08. The zero-order chi connectivity index (χ0) is 22.3. The molecule has 5 rings (SSSR count). The Balaban J connectivity index is 1.87. The third kappa shape index (κ3) is 3.52. The predicted octanol–water partition coefficient (Wildman–Crippen LogP) is 6.84. The largest absolute Gasteiger partial charge is 0.497 e. The maximum Gasteiger partial charge on any atom is 0.417 e. The maximum atomic E-state index is 14.3. The molecule has 0 saturated carbocycles. The maximum absolute atomic E-state index is 14.3. The molecule has 0 radical (unpaired) electrons. The molecule has 3 aromatic heterocycles. The van der Waals surface area contributed by atoms with Crippen LogP contribution in [0.1, 0.15) is 5.56 Å². The number of aromatic nitrogens is 3. The van der Waals surface area contributed by atoms with Crippen LogP contribution in [0.5, 0.6) is 5.75 Å². The van der Waals surface area contributed by atoms with Crippen LogP contribution < -0.4 is 4.74 Å². The number of alkyl halides is 3. The van der Waals surface area contributed by atoms with Gasteiger partial charge in [-0.2, -0.15) is 18.3 Å². The van der Waals surface area contributed by atoms with E-state index in [4.69, 9.17) is 4.74 Å². The number of hydrogen-bond donors (Lipinski definition) is 0. The van der Waals surface area contributed by atoms with Gasteiger partial charge in [-0.1, -0.05) is 24.3 Å². The predicted molar refractivity (Wildman–Crippen MR) is 119 cm³/mol. The molecular formula is C24H16F3N3OS. The Hall–Kier alpha value is -3.65. The standard InChI is InChI=1S/C24H16F3N3OS/c1-31-17-11-9-15(10-12-17)22-21-18(24(25,26)27)14-19(20-8-5-13-32-20)28-23(21)30(29-22)16-6-3-2-4-7-16/h2-14H,1H3. The number of hydrogen-bond acceptors (Lipinski definition) is 4. The fourth-order valence-electron chi connectivity index (χ4n) is 3.59. The summed E-state index contributed by atoms with van der Waals surface area (Å²) in [7, 11) is 1.53. The van der Waals surface area contributed by atoms with Gasteiger partial charge < -0.3 is 4.74 Å². The molecular weight excluding hydrogens is 435 g/mol. The van der Waals surface area contributed by atoms with Crippen molar-refractivity contribution in [3.63, 3.8) is 0 Å². The van der Waals surface area contributed by atoms with Gasteiger partial charge in [0.05, 0.1) is 34.3 Å². The zero-order valence-corrected chi connectivity index (χ0v) is 17.6. The minimum Gasteiger partial charge on any atom is -0.497 e. The average Bonchev–Trinajstić information content (AvgIpc) is 3.47. The van der Waals surface area contributed by atoms with Crippen molar-refractivity contribution < 1.29 is 17.9 Å². The van der Waals surface area contributed by atoms with E-state index in [1.165, 1.54) is 23.1 Å². The molecule has 3 heterocycles. The Morgan fingerprint density at radius 1 is 0.938 bits per heavy atom. The van der Waals surface area contributed by atoms with Crippen LogP contribution in [0.25, 0.3) is 38.5 Å². The van der Waals surface area contributed by atoms with E-state index in [0.717, 1.165) is 6.07 Å². The van der Waals surface area contributed by atoms with E-state index in [0.29, 0.717) is 21.9 Å². The summed E-state index contributed by atoms with van der Waals surface area (Å²) in [4.78, 5) is 5.29. The van der Waals surface area contributed by atoms with Gasteiger partial charge in [0.15, 0.2) is 5.65 Å². The number of para-hydroxylation sites is 1. The van der Waals surface area contributed by atoms with Gasteiger partial charge in [-0.3, -0.25) is 0 Å². The summed E-state index contributed by atoms with van der Waals surface area (Å²) in [5.41, 5.74) is 1.03. The van der Waals surface area contributed by atoms with Gasteiger partial charge in [-0.15, -0.1) is 11.3 Å². The van der Waals surface area contributed by atoms with Gasteiger partial charge >= 0.3 is 6.18 Å². The lowest BCUT2D eigenvalue weighted by Gasteiger charge is -2.11. The Morgan fingerprint density at radius 3 is 2.31 bits per heavy atom. The van der Waals surface area contributed by atoms with Crippen LogP contribution in [-0.4, -0.2) is 21.9 Å². The normalized spacial score (nSPS) is 11.8. The number of benzene rings is 2. The molecule has 32 heavy (non-hydrogen) atoms. The monoisotopic (exact) mass is 451 g/mol. The molecule has 5 aromatic rings. The Kier molecular flexibility index (Phi) is 4.94. The number of nitrogens with zero attached hydrogens (tertiary/aromatic N) is 3. The fourth-order valence-corrected chi connectivity index (χ4v) is 4.28. The molecule has 0 aliphatic heterocycles. The second-order valence-electron chi connectivity index (χ2n) is 7.05. The van der Waals surface area contributed by atoms with Crippen molar-refractivity contribution in [1.29, 1.82) is 0 Å². The molecule has 8 heteroatoms. The second-order valence-corrected chi connectivity index (χ2v) is 8.00. The molecule has 0 amide bonds. The molecule has 0 aliphatic carbocycles. The molecule has 4 nitrogen and oxygen atoms in total. The van der Waals surface area contributed by atoms with Crippen LogP contribution >= 0.6 is 11.3 Å². The van der Waals surface area contributed by atoms with E-state index in [1.54, 1.807) is 48.5 Å². The Morgan fingerprint density at radius 2 is 1.69 bits per heavy atom. The zero-order valence-electron chi connectivity index (χ0n) is 16.8. The Bertz CT molecular complexity index is 1380. The molecule has 160 valence electrons. The first kappa shape index (κ1) is 20.3. The Labute approximate surface area is 185 Å². The van der Waals surface area contributed by atoms with Crippen molar-refractivity contribution in [3.8, 4) is 33.3 Å². The van der Waals surface area contributed by atoms with E-state index in [-0.39, 0.29) is 22.4 Å². The van der Waals surface area contributed by atoms with Gasteiger partial charge in [0.2, 0.25) is 0 Å². The quantitative estimate of drug-likeness (QED) is 0.300. The molecule has 0 atom stereocenters. The van der Waals surface area contributed by atoms with Crippen molar-refractivity contribution in [1.82, 2.24) is 14.8 Å². The van der Waals surface area contributed by atoms with Crippen molar-refractivity contribution in [2.45, 2.75) is 6.18 Å². The minimum atomic E-state index is -4.58. The third-order valence-corrected chi connectivity index (χ3v) is 5.97. The molecule has 0 N–H and O–H groups in total. The van der Waals surface area contributed by atoms with E-state index >= 15 is 0 Å². The van der Waals surface area contributed by atoms with Crippen molar-refractivity contribution in [2.24, 2.45) is 0 Å². The summed E-state index contributed by atoms with van der Waals surface area (Å²) >= 11 is 1.34. The molecule has 2 aromatic carbocycles. The van der Waals surface area contributed by atoms with Crippen LogP contribution in [0.4, 0.5) is 13.2 Å². The number of methoxy groups -OCH3 is 1. The number of fused-ring (bicyclic) bond motifs is 1. The van der Waals surface area contributed by atoms with Gasteiger partial charge in [0, 0.05) is 5.56 Å². The fraction of sp³-hybridized carbons (Fsp3) is 0.0833. The number of thiophene rings is 1. The molecule has 0 unspecified atom stereocenters. The van der Waals surface area contributed by atoms with Crippen LogP contribution in [0.15, 0.2) is 78.2 Å². The molecule has 0 saturated heterocycles. The van der Waals surface area contributed by atoms with Crippen LogP contribution in [0.3, 0.4) is 0 Å². The highest BCUT2D eigenvalue weighted by atomic mass is 32.1. The lowest BCUT2D eigenvalue weighted by Crippen LogP contribution is -2.07. The SMILES string of the molecule is COc1ccc(-c2nn(-c3ccccc3)c3nc(-c4cccs4)cc(C(F)(F)F)c23)cc1. The average molecular weight is 451 g/mol. The van der Waals surface area contributed by atoms with Crippen molar-refractivity contribution in [3.05, 3.63) is 83.7 Å². The van der Waals surface area contributed by atoms with Crippen LogP contribution in [0, 0.1) is 0 Å². The lowest BCUT2D eigenvalue weighted by molar-refractivity contribution is -0.136. The van der Waals surface area contributed by atoms with E-state index in [2.05, 4.69) is 10.1 Å². The number of pyridine rings is 1. The first-order valence-corrected chi connectivity index (χ1v) is 10.6. The number of halogens is 3. The molecule has 0 aliphatic rings. The lowest BCUT2D eigenvalue weighted by atomic mass is 10.0. The summed E-state index contributed by atoms with van der Waals surface area (Å²) in [6.45, 7) is 0. The van der Waals surface area contributed by atoms with Gasteiger partial charge in [0.25, 0.3) is 0 Å². The first-order valence-electron chi connectivity index (χ1n) is 9.70. The second kappa shape index (κ2) is 7.80. The summed E-state index contributed by atoms with van der Waals surface area (Å²) in [5.74, 6) is 0.606. The summed E-state index contributed by atoms with van der Waals surface area (Å²) in [5, 5.41) is 6.37. The highest BCUT2D eigenvalue weighted by Gasteiger charge is 2.36. The summed E-state index contributed by atoms with van der Waals surface area (Å²) in [6.07, 6.45) is -4.58. The molecule has 0 bridgehead atoms. The summed E-state index contributed by atoms with van der Waals surface area (Å²) in [6, 6.07) is 20.5. The first-order chi connectivity index (χ1) is 15.5. The van der Waals surface area contributed by atoms with Gasteiger partial charge in [-0.25, -0.2) is 9.67 Å². The van der Waals surface area contributed by atoms with Gasteiger partial charge in [0.1, 0.15) is 11.4 Å². The number of rotatable bonds is 4. The van der Waals surface area contributed by atoms with Crippen molar-refractivity contribution in [2.75, 3.05) is 7.11 Å². The van der Waals surface area contributed by atoms with Crippen LogP contribution in [-0.2, 0) is 6.18 Å². The van der Waals surface area contributed by atoms with E-state index in [9.17, 15) is 13.2 Å². The highest BCUT2D eigenvalue weighted by Crippen LogP contribution is 2.42. The topological polar surface area (TPSA) is 39.9 Å². The van der Waals surface area contributed by atoms with Crippen molar-refractivity contribution >= 4 is 22.4 Å².